The van der Waals surface area contributed by atoms with E-state index in [1.54, 1.807) is 45.4 Å². The first-order chi connectivity index (χ1) is 30.8. The number of aliphatic hydroxyl groups is 1. The number of β-amino-alcohol motifs (C(OH)–C–C–N with tert-alkyl or cyclic N) is 1. The number of aromatic nitrogens is 5. The number of aromatic hydroxyl groups is 1. The summed E-state index contributed by atoms with van der Waals surface area (Å²) in [4.78, 5) is 69.9. The van der Waals surface area contributed by atoms with Crippen molar-refractivity contribution in [3.63, 3.8) is 0 Å². The number of aryl methyl sites for hydroxylation is 1. The monoisotopic (exact) mass is 886 g/mol. The highest BCUT2D eigenvalue weighted by Crippen LogP contribution is 2.36. The second kappa shape index (κ2) is 17.5. The van der Waals surface area contributed by atoms with E-state index in [0.29, 0.717) is 67.8 Å². The van der Waals surface area contributed by atoms with Crippen molar-refractivity contribution in [1.82, 2.24) is 45.3 Å². The molecule has 17 nitrogen and oxygen atoms in total. The lowest BCUT2D eigenvalue weighted by Gasteiger charge is -2.40. The normalized spacial score (nSPS) is 19.0. The van der Waals surface area contributed by atoms with Crippen LogP contribution in [0, 0.1) is 12.8 Å². The molecular weight excluding hydrogens is 837 g/mol. The third-order valence-electron chi connectivity index (χ3n) is 12.7. The van der Waals surface area contributed by atoms with Crippen molar-refractivity contribution in [2.75, 3.05) is 50.7 Å². The average molecular weight is 887 g/mol. The molecule has 2 aromatic carbocycles. The highest BCUT2D eigenvalue weighted by molar-refractivity contribution is 7.13. The Morgan fingerprint density at radius 2 is 1.66 bits per heavy atom. The first kappa shape index (κ1) is 42.6. The number of carbonyl (C=O) groups is 4. The van der Waals surface area contributed by atoms with Gasteiger partial charge in [0.05, 0.1) is 33.9 Å². The van der Waals surface area contributed by atoms with Crippen LogP contribution in [0.1, 0.15) is 67.7 Å². The molecule has 4 aromatic heterocycles. The first-order valence-corrected chi connectivity index (χ1v) is 22.4. The van der Waals surface area contributed by atoms with E-state index in [1.807, 2.05) is 80.7 Å². The maximum atomic E-state index is 14.3. The van der Waals surface area contributed by atoms with Crippen molar-refractivity contribution in [3.8, 4) is 27.4 Å². The Morgan fingerprint density at radius 3 is 2.36 bits per heavy atom. The number of rotatable bonds is 10. The number of carbonyl (C=O) groups excluding carboxylic acids is 4. The maximum absolute atomic E-state index is 14.3. The lowest BCUT2D eigenvalue weighted by Crippen LogP contribution is -2.57. The van der Waals surface area contributed by atoms with E-state index in [9.17, 15) is 29.4 Å². The Hall–Kier alpha value is -6.66. The summed E-state index contributed by atoms with van der Waals surface area (Å²) in [6.45, 7) is 9.84. The van der Waals surface area contributed by atoms with Gasteiger partial charge in [0.25, 0.3) is 0 Å². The molecule has 3 aliphatic heterocycles. The van der Waals surface area contributed by atoms with E-state index in [2.05, 4.69) is 30.6 Å². The minimum Gasteiger partial charge on any atom is -0.507 e. The van der Waals surface area contributed by atoms with Gasteiger partial charge in [0, 0.05) is 81.4 Å². The van der Waals surface area contributed by atoms with Gasteiger partial charge < -0.3 is 44.6 Å². The summed E-state index contributed by atoms with van der Waals surface area (Å²) in [5.41, 5.74) is 7.42. The van der Waals surface area contributed by atoms with Crippen LogP contribution in [0.3, 0.4) is 0 Å². The molecule has 9 rings (SSSR count). The number of benzene rings is 2. The van der Waals surface area contributed by atoms with Crippen LogP contribution < -0.4 is 10.2 Å². The van der Waals surface area contributed by atoms with E-state index in [0.717, 1.165) is 32.6 Å². The number of amides is 4. The van der Waals surface area contributed by atoms with Crippen LogP contribution in [0.2, 0.25) is 0 Å². The molecule has 0 saturated carbocycles. The maximum Gasteiger partial charge on any atom is 0.312 e. The number of likely N-dealkylation sites (tertiary alicyclic amines) is 2. The van der Waals surface area contributed by atoms with Gasteiger partial charge in [-0.1, -0.05) is 55.4 Å². The Morgan fingerprint density at radius 1 is 0.922 bits per heavy atom. The number of thiazole rings is 1. The molecule has 3 saturated heterocycles. The van der Waals surface area contributed by atoms with Crippen molar-refractivity contribution in [3.05, 3.63) is 95.0 Å². The number of hydrogen-bond acceptors (Lipinski definition) is 13. The molecule has 4 amide bonds. The molecule has 7 heterocycles. The molecule has 64 heavy (non-hydrogen) atoms. The summed E-state index contributed by atoms with van der Waals surface area (Å²) >= 11 is 1.58. The van der Waals surface area contributed by atoms with E-state index in [4.69, 9.17) is 4.52 Å². The molecule has 0 radical (unpaired) electrons. The van der Waals surface area contributed by atoms with Gasteiger partial charge in [-0.15, -0.1) is 21.5 Å². The van der Waals surface area contributed by atoms with Crippen LogP contribution in [0.4, 0.5) is 5.82 Å². The molecule has 18 heteroatoms. The lowest BCUT2D eigenvalue weighted by molar-refractivity contribution is -0.154. The number of H-pyrrole nitrogens is 1. The minimum atomic E-state index is -0.865. The second-order valence-corrected chi connectivity index (χ2v) is 18.1. The van der Waals surface area contributed by atoms with Gasteiger partial charge in [-0.25, -0.2) is 4.98 Å². The van der Waals surface area contributed by atoms with E-state index in [1.165, 1.54) is 4.90 Å². The summed E-state index contributed by atoms with van der Waals surface area (Å²) < 4.78 is 5.81. The smallest absolute Gasteiger partial charge is 0.312 e. The largest absolute Gasteiger partial charge is 0.507 e. The molecule has 0 unspecified atom stereocenters. The van der Waals surface area contributed by atoms with Crippen molar-refractivity contribution in [1.29, 1.82) is 0 Å². The molecule has 4 N–H and O–H groups in total. The number of hydrogen-bond donors (Lipinski definition) is 4. The number of nitrogens with zero attached hydrogens (tertiary/aromatic N) is 8. The zero-order valence-corrected chi connectivity index (χ0v) is 36.8. The average Bonchev–Trinajstić information content (AvgIpc) is 4.10. The number of piperazine rings is 1. The number of nitrogens with one attached hydrogen (secondary N) is 2. The third-order valence-corrected chi connectivity index (χ3v) is 13.7. The molecule has 6 aromatic rings. The molecule has 0 spiro atoms. The zero-order valence-electron chi connectivity index (χ0n) is 36.0. The standard InChI is InChI=1S/C46H50N10O7S/c1-25(2)40(44(60)56-23-31(57)17-36(56)43(59)49-26(3)28-9-11-29(12-10-28)41-27(4)48-24-64-41)38-19-39(52-63-38)53-13-15-54(16-14-53)45(61)46(62)55-21-30(22-55)34-20-47-42-33(34)18-35(50-51-42)32-7-5-6-8-37(32)58/h5-12,18-20,24-26,30-31,36,40,57-58H,13-17,21-23H2,1-4H3,(H,47,51)(H,49,59)/t26-,31+,36-,40+/m0/s1. The fourth-order valence-corrected chi connectivity index (χ4v) is 9.85. The van der Waals surface area contributed by atoms with Crippen LogP contribution in [0.15, 0.2) is 76.9 Å². The fourth-order valence-electron chi connectivity index (χ4n) is 9.04. The second-order valence-electron chi connectivity index (χ2n) is 17.3. The van der Waals surface area contributed by atoms with Crippen molar-refractivity contribution < 1.29 is 33.9 Å². The van der Waals surface area contributed by atoms with Crippen LogP contribution in [0.25, 0.3) is 32.7 Å². The third kappa shape index (κ3) is 8.18. The number of para-hydroxylation sites is 1. The van der Waals surface area contributed by atoms with Gasteiger partial charge >= 0.3 is 11.8 Å². The predicted molar refractivity (Wildman–Crippen MR) is 238 cm³/mol. The van der Waals surface area contributed by atoms with Gasteiger partial charge in [-0.3, -0.25) is 19.2 Å². The van der Waals surface area contributed by atoms with Gasteiger partial charge in [-0.05, 0) is 54.7 Å². The highest BCUT2D eigenvalue weighted by atomic mass is 32.1. The number of aromatic amines is 1. The summed E-state index contributed by atoms with van der Waals surface area (Å²) in [7, 11) is 0. The van der Waals surface area contributed by atoms with Crippen LogP contribution in [-0.4, -0.2) is 132 Å². The molecule has 0 aliphatic carbocycles. The van der Waals surface area contributed by atoms with Crippen LogP contribution >= 0.6 is 11.3 Å². The summed E-state index contributed by atoms with van der Waals surface area (Å²) in [6.07, 6.45) is 1.12. The molecule has 0 bridgehead atoms. The molecular formula is C46H50N10O7S. The number of aliphatic hydroxyl groups excluding tert-OH is 1. The molecule has 3 aliphatic rings. The SMILES string of the molecule is Cc1ncsc1-c1ccc([C@H](C)NC(=O)[C@@H]2C[C@@H](O)CN2C(=O)[C@@H](c2cc(N3CCN(C(=O)C(=O)N4CC(c5c[nH]c6nnc(-c7ccccc7O)cc56)C4)CC3)no2)C(C)C)cc1. The lowest BCUT2D eigenvalue weighted by atomic mass is 9.91. The van der Waals surface area contributed by atoms with Crippen molar-refractivity contribution >= 4 is 51.8 Å². The van der Waals surface area contributed by atoms with E-state index in [-0.39, 0.29) is 48.4 Å². The van der Waals surface area contributed by atoms with Gasteiger partial charge in [-0.2, -0.15) is 0 Å². The van der Waals surface area contributed by atoms with Gasteiger partial charge in [0.1, 0.15) is 17.7 Å². The fraction of sp³-hybridized carbons (Fsp3) is 0.391. The predicted octanol–water partition coefficient (Wildman–Crippen LogP) is 4.60. The van der Waals surface area contributed by atoms with Gasteiger partial charge in [0.2, 0.25) is 11.8 Å². The Balaban J connectivity index is 0.787. The summed E-state index contributed by atoms with van der Waals surface area (Å²) in [5.74, 6) is -1.80. The zero-order chi connectivity index (χ0) is 44.8. The minimum absolute atomic E-state index is 0.00223. The Labute approximate surface area is 373 Å². The Kier molecular flexibility index (Phi) is 11.6. The van der Waals surface area contributed by atoms with Crippen LogP contribution in [0.5, 0.6) is 5.75 Å². The number of anilines is 1. The number of fused-ring (bicyclic) bond motifs is 1. The Bertz CT molecular complexity index is 2700. The molecule has 332 valence electrons. The molecule has 4 atom stereocenters. The topological polar surface area (TPSA) is 214 Å². The van der Waals surface area contributed by atoms with Gasteiger partial charge in [0.15, 0.2) is 17.2 Å². The van der Waals surface area contributed by atoms with Crippen molar-refractivity contribution in [2.45, 2.75) is 64.1 Å². The quantitative estimate of drug-likeness (QED) is 0.139. The molecule has 3 fully saturated rings. The summed E-state index contributed by atoms with van der Waals surface area (Å²) in [6, 6.07) is 17.3. The van der Waals surface area contributed by atoms with Crippen LogP contribution in [-0.2, 0) is 19.2 Å². The number of phenolic OH excluding ortho intramolecular Hbond substituents is 1. The van der Waals surface area contributed by atoms with Crippen molar-refractivity contribution in [2.24, 2.45) is 5.92 Å². The van der Waals surface area contributed by atoms with E-state index >= 15 is 0 Å². The first-order valence-electron chi connectivity index (χ1n) is 21.6. The summed E-state index contributed by atoms with van der Waals surface area (Å²) in [5, 5.41) is 37.8. The van der Waals surface area contributed by atoms with E-state index < -0.39 is 29.9 Å². The highest BCUT2D eigenvalue weighted by Gasteiger charge is 2.44. The number of phenols is 1.